The molecule has 1 aliphatic carbocycles. The van der Waals surface area contributed by atoms with Crippen molar-refractivity contribution in [3.05, 3.63) is 35.4 Å². The van der Waals surface area contributed by atoms with Gasteiger partial charge in [-0.3, -0.25) is 0 Å². The van der Waals surface area contributed by atoms with Crippen molar-refractivity contribution in [2.24, 2.45) is 5.73 Å². The molecule has 14 heavy (non-hydrogen) atoms. The zero-order valence-corrected chi connectivity index (χ0v) is 9.39. The molecule has 1 aromatic rings. The Morgan fingerprint density at radius 1 is 1.50 bits per heavy atom. The molecule has 76 valence electrons. The molecule has 1 aliphatic rings. The molecule has 0 spiro atoms. The summed E-state index contributed by atoms with van der Waals surface area (Å²) in [7, 11) is 0. The van der Waals surface area contributed by atoms with E-state index >= 15 is 0 Å². The summed E-state index contributed by atoms with van der Waals surface area (Å²) in [6, 6.07) is 8.77. The lowest BCUT2D eigenvalue weighted by Crippen LogP contribution is -2.21. The molecule has 2 unspecified atom stereocenters. The SMILES string of the molecule is CC(CN)SCC1Cc2ccccc21. The molecule has 0 aliphatic heterocycles. The summed E-state index contributed by atoms with van der Waals surface area (Å²) < 4.78 is 0. The van der Waals surface area contributed by atoms with Crippen LogP contribution in [-0.2, 0) is 6.42 Å². The zero-order valence-electron chi connectivity index (χ0n) is 8.57. The zero-order chi connectivity index (χ0) is 9.97. The number of hydrogen-bond donors (Lipinski definition) is 1. The van der Waals surface area contributed by atoms with E-state index in [1.54, 1.807) is 11.1 Å². The van der Waals surface area contributed by atoms with Gasteiger partial charge in [-0.15, -0.1) is 0 Å². The third kappa shape index (κ3) is 1.96. The molecule has 1 nitrogen and oxygen atoms in total. The van der Waals surface area contributed by atoms with Gasteiger partial charge in [0, 0.05) is 17.5 Å². The highest BCUT2D eigenvalue weighted by molar-refractivity contribution is 7.99. The summed E-state index contributed by atoms with van der Waals surface area (Å²) in [6.45, 7) is 2.99. The Labute approximate surface area is 90.1 Å². The van der Waals surface area contributed by atoms with E-state index in [0.717, 1.165) is 12.5 Å². The second-order valence-corrected chi connectivity index (χ2v) is 5.45. The molecule has 1 aromatic carbocycles. The third-order valence-corrected chi connectivity index (χ3v) is 4.23. The maximum absolute atomic E-state index is 5.59. The van der Waals surface area contributed by atoms with Crippen LogP contribution in [0.3, 0.4) is 0 Å². The maximum Gasteiger partial charge on any atom is 0.0142 e. The summed E-state index contributed by atoms with van der Waals surface area (Å²) in [5, 5.41) is 0.600. The summed E-state index contributed by atoms with van der Waals surface area (Å²) in [4.78, 5) is 0. The first-order valence-corrected chi connectivity index (χ1v) is 6.25. The van der Waals surface area contributed by atoms with Crippen LogP contribution in [0.1, 0.15) is 24.0 Å². The fourth-order valence-electron chi connectivity index (χ4n) is 1.86. The topological polar surface area (TPSA) is 26.0 Å². The van der Waals surface area contributed by atoms with Crippen molar-refractivity contribution in [1.29, 1.82) is 0 Å². The van der Waals surface area contributed by atoms with Gasteiger partial charge in [0.05, 0.1) is 0 Å². The van der Waals surface area contributed by atoms with E-state index in [1.165, 1.54) is 12.2 Å². The highest BCUT2D eigenvalue weighted by Gasteiger charge is 2.25. The molecular weight excluding hydrogens is 190 g/mol. The second kappa shape index (κ2) is 4.37. The predicted molar refractivity (Wildman–Crippen MR) is 63.9 cm³/mol. The summed E-state index contributed by atoms with van der Waals surface area (Å²) >= 11 is 2.00. The molecule has 0 fully saturated rings. The second-order valence-electron chi connectivity index (χ2n) is 3.98. The molecule has 0 saturated heterocycles. The average molecular weight is 207 g/mol. The molecule has 2 N–H and O–H groups in total. The number of thioether (sulfide) groups is 1. The number of nitrogens with two attached hydrogens (primary N) is 1. The first kappa shape index (κ1) is 10.1. The average Bonchev–Trinajstić information content (AvgIpc) is 2.19. The summed E-state index contributed by atoms with van der Waals surface area (Å²) in [5.74, 6) is 2.01. The lowest BCUT2D eigenvalue weighted by atomic mass is 9.79. The van der Waals surface area contributed by atoms with Crippen molar-refractivity contribution in [3.8, 4) is 0 Å². The van der Waals surface area contributed by atoms with Gasteiger partial charge in [0.1, 0.15) is 0 Å². The van der Waals surface area contributed by atoms with Crippen molar-refractivity contribution >= 4 is 11.8 Å². The van der Waals surface area contributed by atoms with Gasteiger partial charge in [-0.1, -0.05) is 31.2 Å². The van der Waals surface area contributed by atoms with Gasteiger partial charge in [-0.2, -0.15) is 11.8 Å². The Bertz CT molecular complexity index is 311. The molecule has 0 amide bonds. The number of fused-ring (bicyclic) bond motifs is 1. The Balaban J connectivity index is 1.87. The monoisotopic (exact) mass is 207 g/mol. The number of benzene rings is 1. The molecule has 0 radical (unpaired) electrons. The van der Waals surface area contributed by atoms with Gasteiger partial charge in [-0.05, 0) is 23.5 Å². The van der Waals surface area contributed by atoms with Gasteiger partial charge in [0.15, 0.2) is 0 Å². The lowest BCUT2D eigenvalue weighted by Gasteiger charge is -2.30. The molecule has 2 heteroatoms. The minimum Gasteiger partial charge on any atom is -0.329 e. The van der Waals surface area contributed by atoms with E-state index < -0.39 is 0 Å². The van der Waals surface area contributed by atoms with E-state index in [-0.39, 0.29) is 0 Å². The van der Waals surface area contributed by atoms with Crippen LogP contribution < -0.4 is 5.73 Å². The van der Waals surface area contributed by atoms with E-state index in [0.29, 0.717) is 5.25 Å². The lowest BCUT2D eigenvalue weighted by molar-refractivity contribution is 0.675. The molecule has 0 bridgehead atoms. The van der Waals surface area contributed by atoms with Crippen LogP contribution in [0.5, 0.6) is 0 Å². The van der Waals surface area contributed by atoms with Gasteiger partial charge in [0.2, 0.25) is 0 Å². The summed E-state index contributed by atoms with van der Waals surface area (Å²) in [5.41, 5.74) is 8.69. The van der Waals surface area contributed by atoms with Crippen LogP contribution >= 0.6 is 11.8 Å². The van der Waals surface area contributed by atoms with Crippen molar-refractivity contribution in [3.63, 3.8) is 0 Å². The Kier molecular flexibility index (Phi) is 3.14. The Hall–Kier alpha value is -0.470. The predicted octanol–water partition coefficient (Wildman–Crippen LogP) is 2.41. The summed E-state index contributed by atoms with van der Waals surface area (Å²) in [6.07, 6.45) is 1.26. The highest BCUT2D eigenvalue weighted by Crippen LogP contribution is 2.37. The van der Waals surface area contributed by atoms with E-state index in [2.05, 4.69) is 31.2 Å². The van der Waals surface area contributed by atoms with E-state index in [1.807, 2.05) is 11.8 Å². The maximum atomic E-state index is 5.59. The third-order valence-electron chi connectivity index (χ3n) is 2.88. The van der Waals surface area contributed by atoms with E-state index in [9.17, 15) is 0 Å². The molecule has 0 aromatic heterocycles. The van der Waals surface area contributed by atoms with Crippen LogP contribution in [0.25, 0.3) is 0 Å². The van der Waals surface area contributed by atoms with Crippen LogP contribution in [0.4, 0.5) is 0 Å². The smallest absolute Gasteiger partial charge is 0.0142 e. The first-order chi connectivity index (χ1) is 6.81. The normalized spacial score (nSPS) is 21.1. The van der Waals surface area contributed by atoms with Crippen molar-refractivity contribution in [2.45, 2.75) is 24.5 Å². The van der Waals surface area contributed by atoms with Gasteiger partial charge >= 0.3 is 0 Å². The fraction of sp³-hybridized carbons (Fsp3) is 0.500. The van der Waals surface area contributed by atoms with Gasteiger partial charge in [-0.25, -0.2) is 0 Å². The molecule has 2 rings (SSSR count). The number of hydrogen-bond acceptors (Lipinski definition) is 2. The van der Waals surface area contributed by atoms with Crippen molar-refractivity contribution < 1.29 is 0 Å². The van der Waals surface area contributed by atoms with Gasteiger partial charge in [0.25, 0.3) is 0 Å². The molecule has 0 heterocycles. The van der Waals surface area contributed by atoms with Crippen LogP contribution in [0, 0.1) is 0 Å². The fourth-order valence-corrected chi connectivity index (χ4v) is 2.85. The Morgan fingerprint density at radius 2 is 2.29 bits per heavy atom. The van der Waals surface area contributed by atoms with Gasteiger partial charge < -0.3 is 5.73 Å². The van der Waals surface area contributed by atoms with Crippen molar-refractivity contribution in [2.75, 3.05) is 12.3 Å². The van der Waals surface area contributed by atoms with Crippen LogP contribution in [0.15, 0.2) is 24.3 Å². The Morgan fingerprint density at radius 3 is 3.00 bits per heavy atom. The van der Waals surface area contributed by atoms with Crippen LogP contribution in [-0.4, -0.2) is 17.5 Å². The highest BCUT2D eigenvalue weighted by atomic mass is 32.2. The standard InChI is InChI=1S/C12H17NS/c1-9(7-13)14-8-11-6-10-4-2-3-5-12(10)11/h2-5,9,11H,6-8,13H2,1H3. The minimum atomic E-state index is 0.600. The van der Waals surface area contributed by atoms with Crippen molar-refractivity contribution in [1.82, 2.24) is 0 Å². The van der Waals surface area contributed by atoms with Crippen LogP contribution in [0.2, 0.25) is 0 Å². The molecule has 2 atom stereocenters. The number of rotatable bonds is 4. The molecule has 0 saturated carbocycles. The first-order valence-electron chi connectivity index (χ1n) is 5.20. The largest absolute Gasteiger partial charge is 0.329 e. The molecular formula is C12H17NS. The quantitative estimate of drug-likeness (QED) is 0.820. The van der Waals surface area contributed by atoms with E-state index in [4.69, 9.17) is 5.73 Å². The minimum absolute atomic E-state index is 0.600.